The first kappa shape index (κ1) is 26.0. The van der Waals surface area contributed by atoms with E-state index in [2.05, 4.69) is 10.3 Å². The van der Waals surface area contributed by atoms with Gasteiger partial charge in [0.05, 0.1) is 22.8 Å². The molecule has 1 unspecified atom stereocenters. The summed E-state index contributed by atoms with van der Waals surface area (Å²) < 4.78 is 69.3. The van der Waals surface area contributed by atoms with Crippen LogP contribution in [0.1, 0.15) is 38.8 Å². The van der Waals surface area contributed by atoms with Crippen molar-refractivity contribution in [2.75, 3.05) is 6.26 Å². The van der Waals surface area contributed by atoms with Gasteiger partial charge in [-0.2, -0.15) is 13.2 Å². The van der Waals surface area contributed by atoms with Gasteiger partial charge in [-0.1, -0.05) is 24.3 Å². The number of benzene rings is 2. The summed E-state index contributed by atoms with van der Waals surface area (Å²) in [7, 11) is -3.53. The summed E-state index contributed by atoms with van der Waals surface area (Å²) in [6.07, 6.45) is -2.17. The molecule has 0 aliphatic carbocycles. The van der Waals surface area contributed by atoms with Crippen molar-refractivity contribution in [2.45, 2.75) is 24.0 Å². The third kappa shape index (κ3) is 5.67. The van der Waals surface area contributed by atoms with Crippen LogP contribution in [0, 0.1) is 6.92 Å². The smallest absolute Gasteiger partial charge is 0.416 e. The number of rotatable bonds is 6. The number of carbonyl (C=O) groups excluding carboxylic acids is 1. The zero-order valence-corrected chi connectivity index (χ0v) is 20.4. The molecule has 2 aromatic carbocycles. The van der Waals surface area contributed by atoms with Crippen LogP contribution in [0.5, 0.6) is 0 Å². The first-order valence-corrected chi connectivity index (χ1v) is 12.8. The lowest BCUT2D eigenvalue weighted by Gasteiger charge is -2.21. The van der Waals surface area contributed by atoms with Gasteiger partial charge < -0.3 is 14.7 Å². The molecule has 0 aliphatic heterocycles. The minimum Gasteiger partial charge on any atom is -0.464 e. The molecule has 1 amide bonds. The first-order chi connectivity index (χ1) is 17.3. The second-order valence-electron chi connectivity index (χ2n) is 8.40. The number of alkyl halides is 3. The Morgan fingerprint density at radius 1 is 1.00 bits per heavy atom. The van der Waals surface area contributed by atoms with Crippen LogP contribution in [0.4, 0.5) is 13.2 Å². The number of halogens is 3. The molecule has 0 fully saturated rings. The number of furan rings is 1. The van der Waals surface area contributed by atoms with Crippen LogP contribution in [0.15, 0.2) is 87.1 Å². The van der Waals surface area contributed by atoms with Gasteiger partial charge in [0, 0.05) is 17.5 Å². The van der Waals surface area contributed by atoms with Crippen LogP contribution in [0.25, 0.3) is 11.3 Å². The lowest BCUT2D eigenvalue weighted by Crippen LogP contribution is -2.33. The fourth-order valence-electron chi connectivity index (χ4n) is 3.85. The quantitative estimate of drug-likeness (QED) is 0.369. The number of amides is 1. The molecule has 4 aromatic rings. The van der Waals surface area contributed by atoms with Crippen molar-refractivity contribution in [1.82, 2.24) is 10.3 Å². The van der Waals surface area contributed by atoms with Crippen LogP contribution in [0.3, 0.4) is 0 Å². The molecule has 7 nitrogen and oxygen atoms in total. The Labute approximate surface area is 209 Å². The van der Waals surface area contributed by atoms with Crippen molar-refractivity contribution in [2.24, 2.45) is 0 Å². The molecule has 0 spiro atoms. The van der Waals surface area contributed by atoms with Gasteiger partial charge in [0.15, 0.2) is 9.84 Å². The number of hydrogen-bond donors (Lipinski definition) is 2. The number of pyridine rings is 1. The second kappa shape index (κ2) is 9.74. The molecule has 2 heterocycles. The van der Waals surface area contributed by atoms with E-state index >= 15 is 0 Å². The number of carbonyl (C=O) groups is 1. The first-order valence-electron chi connectivity index (χ1n) is 10.9. The van der Waals surface area contributed by atoms with Gasteiger partial charge in [0.2, 0.25) is 0 Å². The number of nitrogens with one attached hydrogen (secondary N) is 2. The maximum Gasteiger partial charge on any atom is 0.416 e. The Balaban J connectivity index is 1.78. The van der Waals surface area contributed by atoms with Gasteiger partial charge in [0.1, 0.15) is 11.3 Å². The highest BCUT2D eigenvalue weighted by Gasteiger charge is 2.31. The van der Waals surface area contributed by atoms with Crippen molar-refractivity contribution >= 4 is 15.7 Å². The monoisotopic (exact) mass is 530 g/mol. The molecule has 0 radical (unpaired) electrons. The molecule has 2 aromatic heterocycles. The van der Waals surface area contributed by atoms with E-state index < -0.39 is 39.1 Å². The van der Waals surface area contributed by atoms with E-state index in [4.69, 9.17) is 4.42 Å². The number of aryl methyl sites for hydroxylation is 1. The van der Waals surface area contributed by atoms with E-state index in [0.717, 1.165) is 18.4 Å². The Kier molecular flexibility index (Phi) is 6.83. The fraction of sp³-hybridized carbons (Fsp3) is 0.154. The van der Waals surface area contributed by atoms with E-state index in [1.54, 1.807) is 19.1 Å². The molecule has 0 aliphatic rings. The van der Waals surface area contributed by atoms with Crippen molar-refractivity contribution in [1.29, 1.82) is 0 Å². The molecule has 0 bridgehead atoms. The van der Waals surface area contributed by atoms with E-state index in [9.17, 15) is 31.2 Å². The topological polar surface area (TPSA) is 109 Å². The van der Waals surface area contributed by atoms with Gasteiger partial charge in [-0.15, -0.1) is 0 Å². The van der Waals surface area contributed by atoms with Gasteiger partial charge in [-0.3, -0.25) is 9.59 Å². The largest absolute Gasteiger partial charge is 0.464 e. The molecule has 2 N–H and O–H groups in total. The van der Waals surface area contributed by atoms with E-state index in [1.807, 2.05) is 0 Å². The molecule has 4 rings (SSSR count). The zero-order chi connectivity index (χ0) is 27.0. The minimum absolute atomic E-state index is 0.00318. The summed E-state index contributed by atoms with van der Waals surface area (Å²) in [6, 6.07) is 13.3. The Morgan fingerprint density at radius 2 is 1.70 bits per heavy atom. The maximum absolute atomic E-state index is 13.4. The normalized spacial score (nSPS) is 12.8. The number of aromatic amines is 1. The average molecular weight is 531 g/mol. The summed E-state index contributed by atoms with van der Waals surface area (Å²) in [6.45, 7) is 1.63. The third-order valence-electron chi connectivity index (χ3n) is 5.73. The van der Waals surface area contributed by atoms with E-state index in [1.165, 1.54) is 48.7 Å². The predicted molar refractivity (Wildman–Crippen MR) is 130 cm³/mol. The Bertz CT molecular complexity index is 1610. The van der Waals surface area contributed by atoms with Crippen LogP contribution < -0.4 is 10.9 Å². The minimum atomic E-state index is -4.63. The molecule has 0 saturated carbocycles. The standard InChI is InChI=1S/C26H21F3N2O5S/c1-15-20(22-7-4-12-36-22)14-21(24(32)30-15)25(33)31-23(16-8-10-19(11-9-16)37(2,34)35)17-5-3-6-18(13-17)26(27,28)29/h3-14,23H,1-2H3,(H,30,32)(H,31,33). The molecule has 11 heteroatoms. The Hall–Kier alpha value is -4.12. The number of hydrogen-bond acceptors (Lipinski definition) is 5. The second-order valence-corrected chi connectivity index (χ2v) is 10.4. The molecule has 192 valence electrons. The Morgan fingerprint density at radius 3 is 2.30 bits per heavy atom. The van der Waals surface area contributed by atoms with Crippen LogP contribution >= 0.6 is 0 Å². The summed E-state index contributed by atoms with van der Waals surface area (Å²) in [4.78, 5) is 28.5. The SMILES string of the molecule is Cc1[nH]c(=O)c(C(=O)NC(c2ccc(S(C)(=O)=O)cc2)c2cccc(C(F)(F)F)c2)cc1-c1ccco1. The molecule has 0 saturated heterocycles. The number of H-pyrrole nitrogens is 1. The van der Waals surface area contributed by atoms with Crippen molar-refractivity contribution < 1.29 is 30.8 Å². The van der Waals surface area contributed by atoms with Crippen molar-refractivity contribution in [3.05, 3.63) is 111 Å². The third-order valence-corrected chi connectivity index (χ3v) is 6.86. The highest BCUT2D eigenvalue weighted by molar-refractivity contribution is 7.90. The summed E-state index contributed by atoms with van der Waals surface area (Å²) in [5.74, 6) is -0.433. The average Bonchev–Trinajstić information content (AvgIpc) is 3.36. The molecule has 1 atom stereocenters. The molecule has 37 heavy (non-hydrogen) atoms. The van der Waals surface area contributed by atoms with Crippen LogP contribution in [-0.2, 0) is 16.0 Å². The van der Waals surface area contributed by atoms with Gasteiger partial charge in [-0.25, -0.2) is 8.42 Å². The van der Waals surface area contributed by atoms with Gasteiger partial charge in [0.25, 0.3) is 11.5 Å². The fourth-order valence-corrected chi connectivity index (χ4v) is 4.48. The van der Waals surface area contributed by atoms with Crippen LogP contribution in [0.2, 0.25) is 0 Å². The molecular weight excluding hydrogens is 509 g/mol. The molecular formula is C26H21F3N2O5S. The predicted octanol–water partition coefficient (Wildman–Crippen LogP) is 4.89. The van der Waals surface area contributed by atoms with Crippen LogP contribution in [-0.4, -0.2) is 25.6 Å². The van der Waals surface area contributed by atoms with Crippen molar-refractivity contribution in [3.63, 3.8) is 0 Å². The van der Waals surface area contributed by atoms with E-state index in [-0.39, 0.29) is 16.0 Å². The summed E-state index contributed by atoms with van der Waals surface area (Å²) in [5.41, 5.74) is -0.572. The number of aromatic nitrogens is 1. The lowest BCUT2D eigenvalue weighted by atomic mass is 9.96. The highest BCUT2D eigenvalue weighted by atomic mass is 32.2. The summed E-state index contributed by atoms with van der Waals surface area (Å²) in [5, 5.41) is 2.63. The number of sulfone groups is 1. The van der Waals surface area contributed by atoms with Gasteiger partial charge in [-0.05, 0) is 60.5 Å². The highest BCUT2D eigenvalue weighted by Crippen LogP contribution is 2.33. The zero-order valence-electron chi connectivity index (χ0n) is 19.6. The van der Waals surface area contributed by atoms with E-state index in [0.29, 0.717) is 22.6 Å². The maximum atomic E-state index is 13.4. The van der Waals surface area contributed by atoms with Crippen molar-refractivity contribution in [3.8, 4) is 11.3 Å². The van der Waals surface area contributed by atoms with Gasteiger partial charge >= 0.3 is 6.18 Å². The summed E-state index contributed by atoms with van der Waals surface area (Å²) >= 11 is 0. The lowest BCUT2D eigenvalue weighted by molar-refractivity contribution is -0.137.